The van der Waals surface area contributed by atoms with Crippen molar-refractivity contribution in [1.29, 1.82) is 0 Å². The fraction of sp³-hybridized carbons (Fsp3) is 0.520. The summed E-state index contributed by atoms with van der Waals surface area (Å²) in [4.78, 5) is 53.4. The Morgan fingerprint density at radius 1 is 0.575 bits per heavy atom. The minimum Gasteiger partial charge on any atom is -0.508 e. The first-order valence-corrected chi connectivity index (χ1v) is 23.4. The third-order valence-corrected chi connectivity index (χ3v) is 13.8. The molecule has 0 unspecified atom stereocenters. The van der Waals surface area contributed by atoms with Crippen molar-refractivity contribution in [2.24, 2.45) is 22.7 Å². The molecule has 13 N–H and O–H groups in total. The summed E-state index contributed by atoms with van der Waals surface area (Å²) >= 11 is 0. The summed E-state index contributed by atoms with van der Waals surface area (Å²) in [5.74, 6) is -4.39. The molecule has 73 heavy (non-hydrogen) atoms. The van der Waals surface area contributed by atoms with E-state index < -0.39 is 139 Å². The highest BCUT2D eigenvalue weighted by molar-refractivity contribution is 6.12. The molecule has 0 aromatic heterocycles. The second-order valence-electron chi connectivity index (χ2n) is 18.7. The molecule has 0 radical (unpaired) electrons. The minimum atomic E-state index is -1.73. The van der Waals surface area contributed by atoms with E-state index in [1.165, 1.54) is 54.6 Å². The maximum absolute atomic E-state index is 14.3. The van der Waals surface area contributed by atoms with E-state index in [0.717, 1.165) is 24.7 Å². The zero-order chi connectivity index (χ0) is 53.2. The first-order chi connectivity index (χ1) is 34.8. The molecule has 400 valence electrons. The summed E-state index contributed by atoms with van der Waals surface area (Å²) < 4.78 is 33.0. The molecular weight excluding hydrogens is 969 g/mol. The van der Waals surface area contributed by atoms with Crippen LogP contribution in [-0.2, 0) is 47.6 Å². The predicted octanol–water partition coefficient (Wildman–Crippen LogP) is -1.29. The van der Waals surface area contributed by atoms with Gasteiger partial charge in [-0.15, -0.1) is 0 Å². The molecule has 0 spiro atoms. The molecule has 6 rings (SSSR count). The maximum atomic E-state index is 14.3. The number of benzene rings is 2. The number of aliphatic hydroxyl groups is 10. The Kier molecular flexibility index (Phi) is 19.3. The van der Waals surface area contributed by atoms with Gasteiger partial charge in [0.2, 0.25) is 12.6 Å². The van der Waals surface area contributed by atoms with Crippen molar-refractivity contribution in [3.63, 3.8) is 0 Å². The van der Waals surface area contributed by atoms with E-state index in [1.807, 2.05) is 0 Å². The Balaban J connectivity index is 1.16. The zero-order valence-electron chi connectivity index (χ0n) is 39.2. The Hall–Kier alpha value is -5.80. The molecule has 2 saturated carbocycles. The molecule has 2 heterocycles. The highest BCUT2D eigenvalue weighted by atomic mass is 16.7. The molecule has 0 amide bonds. The number of aliphatic hydroxyl groups excluding tert-OH is 10. The van der Waals surface area contributed by atoms with E-state index in [2.05, 4.69) is 0 Å². The van der Waals surface area contributed by atoms with E-state index in [4.69, 9.17) is 28.4 Å². The molecular formula is C50H62O23. The first kappa shape index (κ1) is 56.5. The van der Waals surface area contributed by atoms with Gasteiger partial charge in [0.25, 0.3) is 0 Å². The summed E-state index contributed by atoms with van der Waals surface area (Å²) in [5.41, 5.74) is -3.37. The fourth-order valence-electron chi connectivity index (χ4n) is 9.01. The number of aromatic hydroxyl groups is 3. The van der Waals surface area contributed by atoms with Crippen LogP contribution >= 0.6 is 0 Å². The lowest BCUT2D eigenvalue weighted by Crippen LogP contribution is -2.58. The molecule has 2 aromatic carbocycles. The molecule has 4 fully saturated rings. The van der Waals surface area contributed by atoms with E-state index in [0.29, 0.717) is 18.1 Å². The van der Waals surface area contributed by atoms with Crippen LogP contribution in [0.5, 0.6) is 17.2 Å². The number of aldehydes is 2. The van der Waals surface area contributed by atoms with Gasteiger partial charge in [-0.3, -0.25) is 0 Å². The quantitative estimate of drug-likeness (QED) is 0.0194. The average molecular weight is 1030 g/mol. The number of rotatable bonds is 19. The SMILES string of the molecule is O=C[C@]1(/C=C\O[C@@H]2O[C@H](CO)[C@@H](O)[C@H](O)[C@H]2O)CC[C@H](COC(=O)C(=C/c2ccc(O)cc2)/C(=C\c2ccc(O)c(O)c2)C(=O)OC[C@H]2CC[C@](C=O)(/C=C\O[C@@H]3O[C@H](CO)[C@@H](O)[C@H](O)[C@H]3O)[C@@H](O)C2)C[C@@H]1O. The number of ether oxygens (including phenoxy) is 6. The normalized spacial score (nSPS) is 35.3. The number of esters is 2. The van der Waals surface area contributed by atoms with Gasteiger partial charge < -0.3 is 104 Å². The van der Waals surface area contributed by atoms with Crippen molar-refractivity contribution in [2.45, 2.75) is 112 Å². The summed E-state index contributed by atoms with van der Waals surface area (Å²) in [7, 11) is 0. The molecule has 4 aliphatic rings. The van der Waals surface area contributed by atoms with Gasteiger partial charge >= 0.3 is 11.9 Å². The summed E-state index contributed by atoms with van der Waals surface area (Å²) in [6, 6.07) is 9.12. The monoisotopic (exact) mass is 1030 g/mol. The molecule has 23 nitrogen and oxygen atoms in total. The van der Waals surface area contributed by atoms with Crippen LogP contribution in [0.1, 0.15) is 49.7 Å². The third-order valence-electron chi connectivity index (χ3n) is 13.8. The average Bonchev–Trinajstić information content (AvgIpc) is 3.38. The van der Waals surface area contributed by atoms with E-state index in [9.17, 15) is 85.6 Å². The lowest BCUT2D eigenvalue weighted by atomic mass is 9.69. The molecule has 16 atom stereocenters. The molecule has 2 saturated heterocycles. The van der Waals surface area contributed by atoms with Gasteiger partial charge in [0.15, 0.2) is 11.5 Å². The summed E-state index contributed by atoms with van der Waals surface area (Å²) in [6.07, 6.45) is -10.2. The number of hydrogen-bond acceptors (Lipinski definition) is 23. The summed E-state index contributed by atoms with van der Waals surface area (Å²) in [6.45, 7) is -2.06. The molecule has 0 bridgehead atoms. The molecule has 2 aromatic rings. The van der Waals surface area contributed by atoms with Crippen molar-refractivity contribution in [2.75, 3.05) is 26.4 Å². The van der Waals surface area contributed by atoms with Gasteiger partial charge in [-0.25, -0.2) is 9.59 Å². The van der Waals surface area contributed by atoms with Crippen LogP contribution in [0, 0.1) is 22.7 Å². The van der Waals surface area contributed by atoms with Gasteiger partial charge in [0, 0.05) is 0 Å². The second-order valence-corrected chi connectivity index (χ2v) is 18.7. The van der Waals surface area contributed by atoms with Crippen LogP contribution < -0.4 is 0 Å². The Bertz CT molecular complexity index is 2330. The summed E-state index contributed by atoms with van der Waals surface area (Å²) in [5, 5.41) is 133. The van der Waals surface area contributed by atoms with Crippen LogP contribution in [0.15, 0.2) is 78.3 Å². The van der Waals surface area contributed by atoms with Crippen LogP contribution in [-0.4, -0.2) is 191 Å². The smallest absolute Gasteiger partial charge is 0.339 e. The van der Waals surface area contributed by atoms with Crippen molar-refractivity contribution < 1.29 is 114 Å². The number of phenols is 3. The highest BCUT2D eigenvalue weighted by Gasteiger charge is 2.47. The fourth-order valence-corrected chi connectivity index (χ4v) is 9.01. The van der Waals surface area contributed by atoms with Gasteiger partial charge in [-0.2, -0.15) is 0 Å². The first-order valence-electron chi connectivity index (χ1n) is 23.4. The molecule has 2 aliphatic carbocycles. The van der Waals surface area contributed by atoms with Crippen LogP contribution in [0.3, 0.4) is 0 Å². The van der Waals surface area contributed by atoms with Crippen molar-refractivity contribution in [1.82, 2.24) is 0 Å². The maximum Gasteiger partial charge on any atom is 0.339 e. The van der Waals surface area contributed by atoms with Crippen molar-refractivity contribution in [3.8, 4) is 17.2 Å². The van der Waals surface area contributed by atoms with Gasteiger partial charge in [-0.1, -0.05) is 18.2 Å². The highest BCUT2D eigenvalue weighted by Crippen LogP contribution is 2.41. The predicted molar refractivity (Wildman–Crippen MR) is 247 cm³/mol. The van der Waals surface area contributed by atoms with Crippen LogP contribution in [0.25, 0.3) is 12.2 Å². The van der Waals surface area contributed by atoms with Crippen LogP contribution in [0.2, 0.25) is 0 Å². The van der Waals surface area contributed by atoms with Crippen molar-refractivity contribution >= 4 is 36.7 Å². The van der Waals surface area contributed by atoms with E-state index in [-0.39, 0.29) is 68.6 Å². The van der Waals surface area contributed by atoms with Gasteiger partial charge in [-0.05, 0) is 110 Å². The number of carbonyl (C=O) groups excluding carboxylic acids is 4. The Morgan fingerprint density at radius 3 is 1.40 bits per heavy atom. The van der Waals surface area contributed by atoms with Crippen molar-refractivity contribution in [3.05, 3.63) is 89.4 Å². The number of carbonyl (C=O) groups is 4. The van der Waals surface area contributed by atoms with Gasteiger partial charge in [0.05, 0.1) is 73.1 Å². The largest absolute Gasteiger partial charge is 0.508 e. The number of hydrogen-bond donors (Lipinski definition) is 13. The van der Waals surface area contributed by atoms with Crippen LogP contribution in [0.4, 0.5) is 0 Å². The second kappa shape index (κ2) is 25.0. The lowest BCUT2D eigenvalue weighted by Gasteiger charge is -2.40. The standard InChI is InChI=1S/C50H62O23/c51-20-35-39(60)41(62)43(64)47(72-35)68-13-11-49(24-53)9-7-28(18-37(49)58)22-70-45(66)31(15-26-1-4-30(55)5-2-26)32(16-27-3-6-33(56)34(57)17-27)46(67)71-23-29-8-10-50(25-54,38(59)19-29)12-14-69-48-44(65)42(63)40(61)36(21-52)73-48/h1-6,11-17,24-25,28-29,35-44,47-48,51-52,55-65H,7-10,18-23H2/b13-11-,14-12-,31-15+,32-16+/t28-,29-,35+,36+,37-,38-,39+,40+,41-,42-,43+,44+,47+,48+,49+,50+/m0/s1. The number of phenolic OH excluding ortho intramolecular Hbond substituents is 3. The third kappa shape index (κ3) is 13.3. The topological polar surface area (TPSA) is 387 Å². The molecule has 23 heteroatoms. The van der Waals surface area contributed by atoms with E-state index in [1.54, 1.807) is 0 Å². The Labute approximate surface area is 417 Å². The zero-order valence-corrected chi connectivity index (χ0v) is 39.2. The minimum absolute atomic E-state index is 0.0122. The van der Waals surface area contributed by atoms with E-state index >= 15 is 0 Å². The Morgan fingerprint density at radius 2 is 1.00 bits per heavy atom. The molecule has 2 aliphatic heterocycles. The lowest BCUT2D eigenvalue weighted by molar-refractivity contribution is -0.288. The van der Waals surface area contributed by atoms with Gasteiger partial charge in [0.1, 0.15) is 67.2 Å².